The SMILES string of the molecule is Cc1nc2sc3c(c2c(=O)n1NC(=O)c1ccc(COc2c(F)c(F)cc(F)c2F)o1)CCCCCC3. The van der Waals surface area contributed by atoms with Crippen LogP contribution in [0.1, 0.15) is 58.3 Å². The smallest absolute Gasteiger partial charge is 0.305 e. The molecule has 0 radical (unpaired) electrons. The third-order valence-corrected chi connectivity index (χ3v) is 7.37. The highest BCUT2D eigenvalue weighted by atomic mass is 32.1. The van der Waals surface area contributed by atoms with Crippen LogP contribution in [0, 0.1) is 30.2 Å². The molecule has 1 N–H and O–H groups in total. The second kappa shape index (κ2) is 10.0. The zero-order chi connectivity index (χ0) is 26.3. The number of hydrogen-bond acceptors (Lipinski definition) is 6. The standard InChI is InChI=1S/C25H21F4N3O4S/c1-12-30-24-19(14-6-4-2-3-5-7-18(14)37-24)25(34)32(12)31-23(33)17-9-8-13(36-17)11-35-22-20(28)15(26)10-16(27)21(22)29/h8-10H,2-7,11H2,1H3,(H,31,33). The summed E-state index contributed by atoms with van der Waals surface area (Å²) in [5.41, 5.74) is 3.09. The number of carbonyl (C=O) groups excluding carboxylic acids is 1. The largest absolute Gasteiger partial charge is 0.479 e. The number of amides is 1. The Morgan fingerprint density at radius 1 is 1.11 bits per heavy atom. The number of halogens is 4. The third kappa shape index (κ3) is 4.73. The highest BCUT2D eigenvalue weighted by Crippen LogP contribution is 2.32. The quantitative estimate of drug-likeness (QED) is 0.268. The van der Waals surface area contributed by atoms with E-state index in [2.05, 4.69) is 10.4 Å². The Balaban J connectivity index is 1.36. The molecule has 0 aliphatic heterocycles. The van der Waals surface area contributed by atoms with Gasteiger partial charge in [-0.05, 0) is 50.3 Å². The minimum atomic E-state index is -1.69. The van der Waals surface area contributed by atoms with Gasteiger partial charge in [-0.25, -0.2) is 18.4 Å². The summed E-state index contributed by atoms with van der Waals surface area (Å²) < 4.78 is 65.6. The minimum Gasteiger partial charge on any atom is -0.479 e. The zero-order valence-corrected chi connectivity index (χ0v) is 20.4. The minimum absolute atomic E-state index is 0.0505. The highest BCUT2D eigenvalue weighted by molar-refractivity contribution is 7.18. The number of aromatic nitrogens is 2. The van der Waals surface area contributed by atoms with Crippen molar-refractivity contribution in [1.29, 1.82) is 0 Å². The Morgan fingerprint density at radius 2 is 1.81 bits per heavy atom. The molecule has 1 aliphatic rings. The van der Waals surface area contributed by atoms with Gasteiger partial charge in [0, 0.05) is 10.9 Å². The number of fused-ring (bicyclic) bond motifs is 3. The summed E-state index contributed by atoms with van der Waals surface area (Å²) in [5, 5.41) is 0.507. The molecule has 5 rings (SSSR count). The Hall–Kier alpha value is -3.67. The molecule has 0 unspecified atom stereocenters. The number of nitrogens with one attached hydrogen (secondary N) is 1. The molecule has 0 saturated carbocycles. The van der Waals surface area contributed by atoms with Gasteiger partial charge in [-0.3, -0.25) is 15.0 Å². The summed E-state index contributed by atoms with van der Waals surface area (Å²) in [6.07, 6.45) is 5.96. The van der Waals surface area contributed by atoms with E-state index < -0.39 is 41.5 Å². The van der Waals surface area contributed by atoms with Crippen molar-refractivity contribution in [2.45, 2.75) is 52.1 Å². The number of carbonyl (C=O) groups is 1. The lowest BCUT2D eigenvalue weighted by atomic mass is 9.98. The van der Waals surface area contributed by atoms with Gasteiger partial charge in [-0.15, -0.1) is 11.3 Å². The Kier molecular flexibility index (Phi) is 6.76. The van der Waals surface area contributed by atoms with Gasteiger partial charge in [0.25, 0.3) is 5.56 Å². The topological polar surface area (TPSA) is 86.4 Å². The number of aryl methyl sites for hydroxylation is 3. The summed E-state index contributed by atoms with van der Waals surface area (Å²) in [6.45, 7) is 0.985. The Morgan fingerprint density at radius 3 is 2.54 bits per heavy atom. The van der Waals surface area contributed by atoms with Crippen LogP contribution in [-0.4, -0.2) is 15.6 Å². The molecule has 3 aromatic heterocycles. The van der Waals surface area contributed by atoms with E-state index in [0.29, 0.717) is 10.2 Å². The number of benzene rings is 1. The molecule has 3 heterocycles. The molecule has 12 heteroatoms. The van der Waals surface area contributed by atoms with E-state index in [4.69, 9.17) is 9.15 Å². The molecule has 0 atom stereocenters. The number of nitrogens with zero attached hydrogens (tertiary/aromatic N) is 2. The van der Waals surface area contributed by atoms with Crippen LogP contribution in [0.25, 0.3) is 10.2 Å². The molecule has 1 amide bonds. The predicted molar refractivity (Wildman–Crippen MR) is 127 cm³/mol. The number of thiophene rings is 1. The summed E-state index contributed by atoms with van der Waals surface area (Å²) >= 11 is 1.52. The average Bonchev–Trinajstić information content (AvgIpc) is 3.45. The van der Waals surface area contributed by atoms with Gasteiger partial charge in [0.05, 0.1) is 5.39 Å². The van der Waals surface area contributed by atoms with Crippen LogP contribution in [0.2, 0.25) is 0 Å². The number of hydrogen-bond donors (Lipinski definition) is 1. The molecular weight excluding hydrogens is 514 g/mol. The van der Waals surface area contributed by atoms with Crippen LogP contribution in [0.5, 0.6) is 5.75 Å². The van der Waals surface area contributed by atoms with E-state index in [1.54, 1.807) is 6.92 Å². The lowest BCUT2D eigenvalue weighted by Crippen LogP contribution is -2.35. The maximum Gasteiger partial charge on any atom is 0.305 e. The third-order valence-electron chi connectivity index (χ3n) is 6.19. The van der Waals surface area contributed by atoms with Crippen LogP contribution in [-0.2, 0) is 19.4 Å². The van der Waals surface area contributed by atoms with Crippen molar-refractivity contribution in [2.75, 3.05) is 5.43 Å². The van der Waals surface area contributed by atoms with Crippen molar-refractivity contribution >= 4 is 27.5 Å². The lowest BCUT2D eigenvalue weighted by Gasteiger charge is -2.12. The van der Waals surface area contributed by atoms with Gasteiger partial charge in [0.15, 0.2) is 23.1 Å². The molecule has 0 saturated heterocycles. The number of furan rings is 1. The van der Waals surface area contributed by atoms with E-state index in [1.165, 1.54) is 23.5 Å². The summed E-state index contributed by atoms with van der Waals surface area (Å²) in [7, 11) is 0. The van der Waals surface area contributed by atoms with Crippen molar-refractivity contribution in [3.05, 3.63) is 79.6 Å². The van der Waals surface area contributed by atoms with Gasteiger partial charge >= 0.3 is 5.91 Å². The molecule has 0 fully saturated rings. The number of rotatable bonds is 5. The van der Waals surface area contributed by atoms with Gasteiger partial charge in [0.1, 0.15) is 23.0 Å². The van der Waals surface area contributed by atoms with E-state index in [0.717, 1.165) is 53.6 Å². The average molecular weight is 536 g/mol. The Labute approximate surface area is 211 Å². The van der Waals surface area contributed by atoms with Crippen molar-refractivity contribution < 1.29 is 31.5 Å². The van der Waals surface area contributed by atoms with Crippen LogP contribution in [0.15, 0.2) is 27.4 Å². The zero-order valence-electron chi connectivity index (χ0n) is 19.6. The van der Waals surface area contributed by atoms with E-state index >= 15 is 0 Å². The Bertz CT molecular complexity index is 1550. The van der Waals surface area contributed by atoms with Crippen molar-refractivity contribution in [1.82, 2.24) is 9.66 Å². The van der Waals surface area contributed by atoms with Gasteiger partial charge < -0.3 is 9.15 Å². The fourth-order valence-corrected chi connectivity index (χ4v) is 5.64. The fraction of sp³-hybridized carbons (Fsp3) is 0.320. The first-order valence-electron chi connectivity index (χ1n) is 11.6. The van der Waals surface area contributed by atoms with Crippen LogP contribution < -0.4 is 15.7 Å². The number of ether oxygens (including phenoxy) is 1. The second-order valence-corrected chi connectivity index (χ2v) is 9.77. The van der Waals surface area contributed by atoms with Gasteiger partial charge in [-0.1, -0.05) is 12.8 Å². The molecule has 37 heavy (non-hydrogen) atoms. The van der Waals surface area contributed by atoms with Crippen molar-refractivity contribution in [3.63, 3.8) is 0 Å². The fourth-order valence-electron chi connectivity index (χ4n) is 4.35. The van der Waals surface area contributed by atoms with E-state index in [1.807, 2.05) is 0 Å². The molecule has 0 spiro atoms. The first kappa shape index (κ1) is 25.0. The first-order valence-corrected chi connectivity index (χ1v) is 12.5. The summed E-state index contributed by atoms with van der Waals surface area (Å²) in [6, 6.07) is 2.62. The molecule has 1 aliphatic carbocycles. The van der Waals surface area contributed by atoms with Crippen molar-refractivity contribution in [3.8, 4) is 5.75 Å². The highest BCUT2D eigenvalue weighted by Gasteiger charge is 2.23. The summed E-state index contributed by atoms with van der Waals surface area (Å²) in [5.74, 6) is -8.62. The molecule has 4 aromatic rings. The first-order chi connectivity index (χ1) is 17.7. The molecular formula is C25H21F4N3O4S. The normalized spacial score (nSPS) is 13.8. The van der Waals surface area contributed by atoms with Crippen molar-refractivity contribution in [2.24, 2.45) is 0 Å². The van der Waals surface area contributed by atoms with Gasteiger partial charge in [0.2, 0.25) is 11.6 Å². The molecule has 194 valence electrons. The lowest BCUT2D eigenvalue weighted by molar-refractivity contribution is 0.0975. The summed E-state index contributed by atoms with van der Waals surface area (Å²) in [4.78, 5) is 32.5. The van der Waals surface area contributed by atoms with E-state index in [-0.39, 0.29) is 29.0 Å². The monoisotopic (exact) mass is 535 g/mol. The second-order valence-electron chi connectivity index (χ2n) is 8.69. The van der Waals surface area contributed by atoms with Crippen LogP contribution >= 0.6 is 11.3 Å². The van der Waals surface area contributed by atoms with Crippen LogP contribution in [0.3, 0.4) is 0 Å². The molecule has 0 bridgehead atoms. The molecule has 7 nitrogen and oxygen atoms in total. The molecule has 1 aromatic carbocycles. The predicted octanol–water partition coefficient (Wildman–Crippen LogP) is 5.54. The van der Waals surface area contributed by atoms with Crippen LogP contribution in [0.4, 0.5) is 17.6 Å². The maximum atomic E-state index is 13.8. The maximum absolute atomic E-state index is 13.8. The van der Waals surface area contributed by atoms with E-state index in [9.17, 15) is 27.2 Å². The van der Waals surface area contributed by atoms with Gasteiger partial charge in [-0.2, -0.15) is 8.78 Å².